The van der Waals surface area contributed by atoms with Crippen molar-refractivity contribution >= 4 is 37.9 Å². The van der Waals surface area contributed by atoms with Crippen LogP contribution in [-0.4, -0.2) is 51.1 Å². The molecule has 0 radical (unpaired) electrons. The lowest BCUT2D eigenvalue weighted by molar-refractivity contribution is -0.140. The van der Waals surface area contributed by atoms with Gasteiger partial charge in [0.05, 0.1) is 11.4 Å². The number of carboxylic acids is 1. The number of fused-ring (bicyclic) bond motifs is 3. The monoisotopic (exact) mass is 428 g/mol. The molecule has 1 atom stereocenters. The maximum atomic E-state index is 12.7. The highest BCUT2D eigenvalue weighted by Crippen LogP contribution is 2.31. The Morgan fingerprint density at radius 1 is 1.13 bits per heavy atom. The maximum Gasteiger partial charge on any atom is 0.322 e. The van der Waals surface area contributed by atoms with Gasteiger partial charge in [0.2, 0.25) is 10.0 Å². The first-order chi connectivity index (χ1) is 14.1. The molecule has 2 N–H and O–H groups in total. The first-order valence-corrected chi connectivity index (χ1v) is 10.9. The first-order valence-electron chi connectivity index (χ1n) is 9.43. The number of benzene rings is 2. The van der Waals surface area contributed by atoms with Crippen LogP contribution in [0.5, 0.6) is 0 Å². The molecule has 0 aliphatic carbocycles. The number of nitrogens with zero attached hydrogens (tertiary/aromatic N) is 1. The zero-order valence-electron chi connectivity index (χ0n) is 17.3. The Hall–Kier alpha value is -2.86. The van der Waals surface area contributed by atoms with Crippen LogP contribution in [0.2, 0.25) is 0 Å². The van der Waals surface area contributed by atoms with E-state index in [1.807, 2.05) is 31.1 Å². The molecule has 30 heavy (non-hydrogen) atoms. The zero-order valence-corrected chi connectivity index (χ0v) is 18.1. The van der Waals surface area contributed by atoms with Gasteiger partial charge in [-0.1, -0.05) is 25.7 Å². The van der Waals surface area contributed by atoms with Crippen molar-refractivity contribution in [3.63, 3.8) is 0 Å². The molecule has 0 aliphatic rings. The SMILES string of the molecule is CC(C)[C@H](NS(=O)(=O)c1ccc2c(c1)oc1ccc(C#CCN(C)C)cc12)C(=O)O. The van der Waals surface area contributed by atoms with Gasteiger partial charge in [-0.3, -0.25) is 9.69 Å². The smallest absolute Gasteiger partial charge is 0.322 e. The second kappa shape index (κ2) is 8.48. The Bertz CT molecular complexity index is 1260. The van der Waals surface area contributed by atoms with E-state index in [0.29, 0.717) is 17.7 Å². The van der Waals surface area contributed by atoms with Crippen molar-refractivity contribution in [2.24, 2.45) is 5.92 Å². The molecular formula is C22H24N2O5S. The summed E-state index contributed by atoms with van der Waals surface area (Å²) in [7, 11) is -0.132. The Balaban J connectivity index is 1.99. The number of hydrogen-bond donors (Lipinski definition) is 2. The molecule has 1 heterocycles. The summed E-state index contributed by atoms with van der Waals surface area (Å²) in [6.45, 7) is 3.93. The van der Waals surface area contributed by atoms with Gasteiger partial charge in [-0.2, -0.15) is 4.72 Å². The topological polar surface area (TPSA) is 99.9 Å². The normalized spacial score (nSPS) is 13.0. The fourth-order valence-corrected chi connectivity index (χ4v) is 4.36. The third-order valence-electron chi connectivity index (χ3n) is 4.60. The predicted molar refractivity (Wildman–Crippen MR) is 116 cm³/mol. The molecule has 2 aromatic carbocycles. The Morgan fingerprint density at radius 2 is 1.87 bits per heavy atom. The maximum absolute atomic E-state index is 12.7. The molecule has 1 aromatic heterocycles. The molecule has 158 valence electrons. The van der Waals surface area contributed by atoms with Crippen LogP contribution in [-0.2, 0) is 14.8 Å². The van der Waals surface area contributed by atoms with Crippen LogP contribution < -0.4 is 4.72 Å². The van der Waals surface area contributed by atoms with E-state index < -0.39 is 28.0 Å². The standard InChI is InChI=1S/C22H24N2O5S/c1-14(2)21(22(25)26)23-30(27,28)16-8-9-17-18-12-15(6-5-11-24(3)4)7-10-19(18)29-20(17)13-16/h7-10,12-14,21,23H,11H2,1-4H3,(H,25,26)/t21-/m0/s1. The molecule has 3 rings (SSSR count). The fraction of sp³-hybridized carbons (Fsp3) is 0.318. The van der Waals surface area contributed by atoms with Crippen molar-refractivity contribution in [1.29, 1.82) is 0 Å². The molecular weight excluding hydrogens is 404 g/mol. The average molecular weight is 429 g/mol. The van der Waals surface area contributed by atoms with Crippen molar-refractivity contribution in [1.82, 2.24) is 9.62 Å². The van der Waals surface area contributed by atoms with E-state index in [1.54, 1.807) is 26.0 Å². The molecule has 0 bridgehead atoms. The van der Waals surface area contributed by atoms with E-state index in [9.17, 15) is 18.3 Å². The van der Waals surface area contributed by atoms with Crippen molar-refractivity contribution < 1.29 is 22.7 Å². The molecule has 0 unspecified atom stereocenters. The van der Waals surface area contributed by atoms with Gasteiger partial charge < -0.3 is 9.52 Å². The van der Waals surface area contributed by atoms with Crippen LogP contribution in [0.15, 0.2) is 45.7 Å². The van der Waals surface area contributed by atoms with Gasteiger partial charge in [0, 0.05) is 22.4 Å². The number of furan rings is 1. The summed E-state index contributed by atoms with van der Waals surface area (Å²) in [6.07, 6.45) is 0. The molecule has 0 saturated carbocycles. The predicted octanol–water partition coefficient (Wildman–Crippen LogP) is 2.89. The second-order valence-electron chi connectivity index (χ2n) is 7.69. The summed E-state index contributed by atoms with van der Waals surface area (Å²) in [5.74, 6) is 4.56. The Kier molecular flexibility index (Phi) is 6.17. The van der Waals surface area contributed by atoms with E-state index >= 15 is 0 Å². The van der Waals surface area contributed by atoms with Gasteiger partial charge in [-0.05, 0) is 50.3 Å². The Labute approximate surface area is 175 Å². The summed E-state index contributed by atoms with van der Waals surface area (Å²) in [6, 6.07) is 8.88. The van der Waals surface area contributed by atoms with Crippen LogP contribution in [0, 0.1) is 17.8 Å². The lowest BCUT2D eigenvalue weighted by atomic mass is 10.1. The van der Waals surface area contributed by atoms with Gasteiger partial charge in [-0.25, -0.2) is 8.42 Å². The minimum atomic E-state index is -4.02. The van der Waals surface area contributed by atoms with Gasteiger partial charge in [0.25, 0.3) is 0 Å². The fourth-order valence-electron chi connectivity index (χ4n) is 3.01. The summed E-state index contributed by atoms with van der Waals surface area (Å²) in [5, 5.41) is 10.9. The first kappa shape index (κ1) is 21.8. The number of sulfonamides is 1. The van der Waals surface area contributed by atoms with E-state index in [0.717, 1.165) is 16.3 Å². The van der Waals surface area contributed by atoms with Crippen molar-refractivity contribution in [3.8, 4) is 11.8 Å². The van der Waals surface area contributed by atoms with Gasteiger partial charge in [0.15, 0.2) is 0 Å². The molecule has 8 heteroatoms. The van der Waals surface area contributed by atoms with Crippen LogP contribution in [0.1, 0.15) is 19.4 Å². The highest BCUT2D eigenvalue weighted by molar-refractivity contribution is 7.89. The molecule has 0 saturated heterocycles. The summed E-state index contributed by atoms with van der Waals surface area (Å²) < 4.78 is 33.5. The average Bonchev–Trinajstić information content (AvgIpc) is 3.02. The molecule has 0 spiro atoms. The lowest BCUT2D eigenvalue weighted by Crippen LogP contribution is -2.44. The minimum Gasteiger partial charge on any atom is -0.480 e. The van der Waals surface area contributed by atoms with Crippen molar-refractivity contribution in [2.45, 2.75) is 24.8 Å². The highest BCUT2D eigenvalue weighted by atomic mass is 32.2. The highest BCUT2D eigenvalue weighted by Gasteiger charge is 2.28. The Morgan fingerprint density at radius 3 is 2.50 bits per heavy atom. The van der Waals surface area contributed by atoms with E-state index in [4.69, 9.17) is 4.42 Å². The minimum absolute atomic E-state index is 0.0491. The molecule has 0 amide bonds. The van der Waals surface area contributed by atoms with Gasteiger partial charge in [0.1, 0.15) is 17.2 Å². The van der Waals surface area contributed by atoms with Crippen LogP contribution in [0.4, 0.5) is 0 Å². The third kappa shape index (κ3) is 4.65. The number of nitrogens with one attached hydrogen (secondary N) is 1. The number of aliphatic carboxylic acids is 1. The van der Waals surface area contributed by atoms with Crippen LogP contribution in [0.25, 0.3) is 21.9 Å². The molecule has 3 aromatic rings. The summed E-state index contributed by atoms with van der Waals surface area (Å²) in [4.78, 5) is 13.3. The number of hydrogen-bond acceptors (Lipinski definition) is 5. The second-order valence-corrected chi connectivity index (χ2v) is 9.41. The van der Waals surface area contributed by atoms with Gasteiger partial charge >= 0.3 is 5.97 Å². The van der Waals surface area contributed by atoms with Crippen molar-refractivity contribution in [3.05, 3.63) is 42.0 Å². The lowest BCUT2D eigenvalue weighted by Gasteiger charge is -2.17. The zero-order chi connectivity index (χ0) is 22.1. The van der Waals surface area contributed by atoms with E-state index in [2.05, 4.69) is 16.6 Å². The summed E-state index contributed by atoms with van der Waals surface area (Å²) in [5.41, 5.74) is 1.87. The quantitative estimate of drug-likeness (QED) is 0.586. The van der Waals surface area contributed by atoms with E-state index in [-0.39, 0.29) is 4.90 Å². The third-order valence-corrected chi connectivity index (χ3v) is 6.03. The van der Waals surface area contributed by atoms with Crippen LogP contribution in [0.3, 0.4) is 0 Å². The number of carboxylic acid groups (broad SMARTS) is 1. The molecule has 0 aliphatic heterocycles. The van der Waals surface area contributed by atoms with Crippen LogP contribution >= 0.6 is 0 Å². The van der Waals surface area contributed by atoms with E-state index in [1.165, 1.54) is 12.1 Å². The number of carbonyl (C=O) groups is 1. The van der Waals surface area contributed by atoms with Crippen molar-refractivity contribution in [2.75, 3.05) is 20.6 Å². The molecule has 7 nitrogen and oxygen atoms in total. The molecule has 0 fully saturated rings. The van der Waals surface area contributed by atoms with Gasteiger partial charge in [-0.15, -0.1) is 0 Å². The summed E-state index contributed by atoms with van der Waals surface area (Å²) >= 11 is 0. The number of rotatable bonds is 6. The largest absolute Gasteiger partial charge is 0.480 e.